The molecular weight excluding hydrogens is 364 g/mol. The van der Waals surface area contributed by atoms with Gasteiger partial charge < -0.3 is 10.1 Å². The molecule has 0 saturated heterocycles. The summed E-state index contributed by atoms with van der Waals surface area (Å²) in [5.41, 5.74) is 2.79. The first-order valence-electron chi connectivity index (χ1n) is 8.73. The van der Waals surface area contributed by atoms with Crippen LogP contribution in [0, 0.1) is 20.8 Å². The molecule has 7 heteroatoms. The third-order valence-electron chi connectivity index (χ3n) is 3.82. The van der Waals surface area contributed by atoms with Gasteiger partial charge in [0.15, 0.2) is 0 Å². The molecule has 0 atom stereocenters. The van der Waals surface area contributed by atoms with Crippen molar-refractivity contribution in [3.8, 4) is 5.75 Å². The SMILES string of the molecule is Cc1cc(C)c(S(=O)(=O)NCC(=O)Nc2ccccc2OC(C)C)c(C)c1. The van der Waals surface area contributed by atoms with Crippen LogP contribution in [-0.2, 0) is 14.8 Å². The molecule has 0 bridgehead atoms. The number of benzene rings is 2. The van der Waals surface area contributed by atoms with Gasteiger partial charge in [-0.15, -0.1) is 0 Å². The summed E-state index contributed by atoms with van der Waals surface area (Å²) >= 11 is 0. The van der Waals surface area contributed by atoms with Crippen LogP contribution in [0.1, 0.15) is 30.5 Å². The zero-order chi connectivity index (χ0) is 20.2. The van der Waals surface area contributed by atoms with Crippen LogP contribution in [0.25, 0.3) is 0 Å². The molecule has 0 fully saturated rings. The molecule has 6 nitrogen and oxygen atoms in total. The summed E-state index contributed by atoms with van der Waals surface area (Å²) in [5, 5.41) is 2.69. The van der Waals surface area contributed by atoms with E-state index in [0.717, 1.165) is 5.56 Å². The van der Waals surface area contributed by atoms with Crippen molar-refractivity contribution in [3.05, 3.63) is 53.1 Å². The second-order valence-corrected chi connectivity index (χ2v) is 8.47. The molecule has 0 aliphatic heterocycles. The van der Waals surface area contributed by atoms with Gasteiger partial charge in [0.25, 0.3) is 0 Å². The molecule has 2 aromatic carbocycles. The van der Waals surface area contributed by atoms with Crippen molar-refractivity contribution in [2.75, 3.05) is 11.9 Å². The van der Waals surface area contributed by atoms with E-state index in [2.05, 4.69) is 10.0 Å². The molecule has 2 rings (SSSR count). The Kier molecular flexibility index (Phi) is 6.62. The summed E-state index contributed by atoms with van der Waals surface area (Å²) in [6.45, 7) is 8.80. The van der Waals surface area contributed by atoms with Crippen LogP contribution in [0.5, 0.6) is 5.75 Å². The van der Waals surface area contributed by atoms with Gasteiger partial charge in [-0.3, -0.25) is 4.79 Å². The Morgan fingerprint density at radius 2 is 1.67 bits per heavy atom. The lowest BCUT2D eigenvalue weighted by Crippen LogP contribution is -2.33. The monoisotopic (exact) mass is 390 g/mol. The zero-order valence-electron chi connectivity index (χ0n) is 16.3. The Morgan fingerprint density at radius 1 is 1.07 bits per heavy atom. The van der Waals surface area contributed by atoms with Gasteiger partial charge in [0.1, 0.15) is 5.75 Å². The Labute approximate surface area is 161 Å². The largest absolute Gasteiger partial charge is 0.489 e. The molecular formula is C20H26N2O4S. The zero-order valence-corrected chi connectivity index (χ0v) is 17.1. The Bertz CT molecular complexity index is 914. The maximum absolute atomic E-state index is 12.6. The first kappa shape index (κ1) is 20.9. The fraction of sp³-hybridized carbons (Fsp3) is 0.350. The molecule has 1 amide bonds. The predicted molar refractivity (Wildman–Crippen MR) is 107 cm³/mol. The van der Waals surface area contributed by atoms with Crippen molar-refractivity contribution in [3.63, 3.8) is 0 Å². The second kappa shape index (κ2) is 8.54. The third kappa shape index (κ3) is 5.55. The van der Waals surface area contributed by atoms with E-state index >= 15 is 0 Å². The Hall–Kier alpha value is -2.38. The number of hydrogen-bond donors (Lipinski definition) is 2. The van der Waals surface area contributed by atoms with E-state index in [1.165, 1.54) is 0 Å². The predicted octanol–water partition coefficient (Wildman–Crippen LogP) is 3.32. The normalized spacial score (nSPS) is 11.5. The summed E-state index contributed by atoms with van der Waals surface area (Å²) in [4.78, 5) is 12.5. The van der Waals surface area contributed by atoms with Crippen molar-refractivity contribution in [2.24, 2.45) is 0 Å². The van der Waals surface area contributed by atoms with Crippen LogP contribution >= 0.6 is 0 Å². The molecule has 0 aliphatic carbocycles. The summed E-state index contributed by atoms with van der Waals surface area (Å²) < 4.78 is 33.3. The van der Waals surface area contributed by atoms with Crippen molar-refractivity contribution in [1.29, 1.82) is 0 Å². The molecule has 0 spiro atoms. The molecule has 2 N–H and O–H groups in total. The van der Waals surface area contributed by atoms with Crippen LogP contribution in [0.3, 0.4) is 0 Å². The lowest BCUT2D eigenvalue weighted by molar-refractivity contribution is -0.115. The highest BCUT2D eigenvalue weighted by atomic mass is 32.2. The van der Waals surface area contributed by atoms with Crippen molar-refractivity contribution >= 4 is 21.6 Å². The minimum atomic E-state index is -3.80. The summed E-state index contributed by atoms with van der Waals surface area (Å²) in [7, 11) is -3.80. The molecule has 0 radical (unpaired) electrons. The number of aryl methyl sites for hydroxylation is 3. The van der Waals surface area contributed by atoms with Crippen molar-refractivity contribution in [1.82, 2.24) is 4.72 Å². The van der Waals surface area contributed by atoms with E-state index in [9.17, 15) is 13.2 Å². The van der Waals surface area contributed by atoms with Crippen LogP contribution in [0.15, 0.2) is 41.3 Å². The number of para-hydroxylation sites is 2. The van der Waals surface area contributed by atoms with E-state index in [0.29, 0.717) is 22.6 Å². The summed E-state index contributed by atoms with van der Waals surface area (Å²) in [6, 6.07) is 10.6. The number of sulfonamides is 1. The number of anilines is 1. The average molecular weight is 391 g/mol. The van der Waals surface area contributed by atoms with Gasteiger partial charge in [0.05, 0.1) is 23.2 Å². The van der Waals surface area contributed by atoms with Crippen LogP contribution in [-0.4, -0.2) is 27.0 Å². The lowest BCUT2D eigenvalue weighted by atomic mass is 10.1. The molecule has 27 heavy (non-hydrogen) atoms. The van der Waals surface area contributed by atoms with Crippen LogP contribution in [0.2, 0.25) is 0 Å². The van der Waals surface area contributed by atoms with E-state index in [1.807, 2.05) is 20.8 Å². The van der Waals surface area contributed by atoms with Gasteiger partial charge in [-0.05, 0) is 57.9 Å². The van der Waals surface area contributed by atoms with Crippen LogP contribution < -0.4 is 14.8 Å². The maximum atomic E-state index is 12.6. The number of nitrogens with one attached hydrogen (secondary N) is 2. The van der Waals surface area contributed by atoms with E-state index in [4.69, 9.17) is 4.74 Å². The topological polar surface area (TPSA) is 84.5 Å². The van der Waals surface area contributed by atoms with E-state index in [-0.39, 0.29) is 17.5 Å². The standard InChI is InChI=1S/C20H26N2O4S/c1-13(2)26-18-9-7-6-8-17(18)22-19(23)12-21-27(24,25)20-15(4)10-14(3)11-16(20)5/h6-11,13,21H,12H2,1-5H3,(H,22,23). The van der Waals surface area contributed by atoms with Gasteiger partial charge in [0, 0.05) is 0 Å². The van der Waals surface area contributed by atoms with Gasteiger partial charge in [-0.25, -0.2) is 13.1 Å². The molecule has 0 aliphatic rings. The third-order valence-corrected chi connectivity index (χ3v) is 5.53. The number of carbonyl (C=O) groups is 1. The molecule has 146 valence electrons. The first-order chi connectivity index (χ1) is 12.6. The molecule has 0 saturated carbocycles. The van der Waals surface area contributed by atoms with Crippen molar-refractivity contribution in [2.45, 2.75) is 45.6 Å². The summed E-state index contributed by atoms with van der Waals surface area (Å²) in [5.74, 6) is 0.0646. The minimum Gasteiger partial charge on any atom is -0.489 e. The van der Waals surface area contributed by atoms with Gasteiger partial charge >= 0.3 is 0 Å². The lowest BCUT2D eigenvalue weighted by Gasteiger charge is -2.15. The number of ether oxygens (including phenoxy) is 1. The molecule has 0 aromatic heterocycles. The second-order valence-electron chi connectivity index (χ2n) is 6.76. The smallest absolute Gasteiger partial charge is 0.241 e. The maximum Gasteiger partial charge on any atom is 0.241 e. The van der Waals surface area contributed by atoms with E-state index in [1.54, 1.807) is 50.2 Å². The van der Waals surface area contributed by atoms with Gasteiger partial charge in [-0.2, -0.15) is 0 Å². The minimum absolute atomic E-state index is 0.0472. The number of amides is 1. The van der Waals surface area contributed by atoms with Crippen LogP contribution in [0.4, 0.5) is 5.69 Å². The fourth-order valence-corrected chi connectivity index (χ4v) is 4.38. The molecule has 0 unspecified atom stereocenters. The highest BCUT2D eigenvalue weighted by molar-refractivity contribution is 7.89. The highest BCUT2D eigenvalue weighted by Gasteiger charge is 2.21. The number of rotatable bonds is 7. The highest BCUT2D eigenvalue weighted by Crippen LogP contribution is 2.25. The Balaban J connectivity index is 2.10. The number of carbonyl (C=O) groups excluding carboxylic acids is 1. The fourth-order valence-electron chi connectivity index (χ4n) is 2.94. The van der Waals surface area contributed by atoms with Gasteiger partial charge in [-0.1, -0.05) is 29.8 Å². The van der Waals surface area contributed by atoms with Gasteiger partial charge in [0.2, 0.25) is 15.9 Å². The first-order valence-corrected chi connectivity index (χ1v) is 10.2. The van der Waals surface area contributed by atoms with E-state index < -0.39 is 15.9 Å². The Morgan fingerprint density at radius 3 is 2.26 bits per heavy atom. The quantitative estimate of drug-likeness (QED) is 0.760. The molecule has 2 aromatic rings. The van der Waals surface area contributed by atoms with Crippen molar-refractivity contribution < 1.29 is 17.9 Å². The average Bonchev–Trinajstić information content (AvgIpc) is 2.53. The molecule has 0 heterocycles. The number of hydrogen-bond acceptors (Lipinski definition) is 4. The summed E-state index contributed by atoms with van der Waals surface area (Å²) in [6.07, 6.45) is -0.0472.